The SMILES string of the molecule is C=CCOCCOC(O)C(CO)OO. The Morgan fingerprint density at radius 2 is 2.07 bits per heavy atom. The lowest BCUT2D eigenvalue weighted by atomic mass is 10.4. The summed E-state index contributed by atoms with van der Waals surface area (Å²) in [7, 11) is 0. The van der Waals surface area contributed by atoms with Gasteiger partial charge in [0.2, 0.25) is 0 Å². The third kappa shape index (κ3) is 6.03. The van der Waals surface area contributed by atoms with Crippen LogP contribution in [0.5, 0.6) is 0 Å². The normalized spacial score (nSPS) is 15.1. The highest BCUT2D eigenvalue weighted by molar-refractivity contribution is 4.63. The van der Waals surface area contributed by atoms with Gasteiger partial charge in [0.15, 0.2) is 12.4 Å². The second kappa shape index (κ2) is 9.07. The third-order valence-corrected chi connectivity index (χ3v) is 1.39. The minimum absolute atomic E-state index is 0.134. The largest absolute Gasteiger partial charge is 0.393 e. The summed E-state index contributed by atoms with van der Waals surface area (Å²) >= 11 is 0. The first-order chi connectivity index (χ1) is 6.76. The summed E-state index contributed by atoms with van der Waals surface area (Å²) in [4.78, 5) is 3.76. The predicted molar refractivity (Wildman–Crippen MR) is 47.6 cm³/mol. The lowest BCUT2D eigenvalue weighted by molar-refractivity contribution is -0.332. The molecule has 0 rings (SSSR count). The minimum Gasteiger partial charge on any atom is -0.393 e. The van der Waals surface area contributed by atoms with Gasteiger partial charge in [-0.3, -0.25) is 5.26 Å². The summed E-state index contributed by atoms with van der Waals surface area (Å²) in [5.74, 6) is 0. The molecule has 0 heterocycles. The molecule has 0 radical (unpaired) electrons. The van der Waals surface area contributed by atoms with Crippen molar-refractivity contribution in [2.75, 3.05) is 26.4 Å². The van der Waals surface area contributed by atoms with E-state index in [4.69, 9.17) is 24.9 Å². The highest BCUT2D eigenvalue weighted by Gasteiger charge is 2.19. The highest BCUT2D eigenvalue weighted by Crippen LogP contribution is 1.98. The number of hydrogen-bond donors (Lipinski definition) is 3. The Hall–Kier alpha value is -0.500. The Bertz CT molecular complexity index is 136. The third-order valence-electron chi connectivity index (χ3n) is 1.39. The first kappa shape index (κ1) is 13.5. The van der Waals surface area contributed by atoms with Gasteiger partial charge in [-0.2, -0.15) is 0 Å². The number of aliphatic hydroxyl groups excluding tert-OH is 2. The number of hydrogen-bond acceptors (Lipinski definition) is 6. The van der Waals surface area contributed by atoms with Crippen molar-refractivity contribution in [3.05, 3.63) is 12.7 Å². The average Bonchev–Trinajstić information content (AvgIpc) is 2.19. The maximum absolute atomic E-state index is 9.12. The zero-order chi connectivity index (χ0) is 10.8. The molecule has 0 aliphatic rings. The zero-order valence-corrected chi connectivity index (χ0v) is 7.83. The molecule has 3 N–H and O–H groups in total. The van der Waals surface area contributed by atoms with Crippen LogP contribution in [0.15, 0.2) is 12.7 Å². The van der Waals surface area contributed by atoms with Crippen molar-refractivity contribution in [2.45, 2.75) is 12.4 Å². The highest BCUT2D eigenvalue weighted by atomic mass is 17.1. The molecule has 6 nitrogen and oxygen atoms in total. The lowest BCUT2D eigenvalue weighted by Gasteiger charge is -2.17. The maximum atomic E-state index is 9.12. The second-order valence-corrected chi connectivity index (χ2v) is 2.45. The fourth-order valence-electron chi connectivity index (χ4n) is 0.677. The minimum atomic E-state index is -1.38. The Labute approximate surface area is 82.3 Å². The van der Waals surface area contributed by atoms with Crippen LogP contribution in [-0.2, 0) is 14.4 Å². The van der Waals surface area contributed by atoms with Gasteiger partial charge in [-0.15, -0.1) is 6.58 Å². The molecule has 0 bridgehead atoms. The molecular formula is C8H16O6. The molecule has 2 unspecified atom stereocenters. The fourth-order valence-corrected chi connectivity index (χ4v) is 0.677. The van der Waals surface area contributed by atoms with Gasteiger partial charge in [0.25, 0.3) is 0 Å². The summed E-state index contributed by atoms with van der Waals surface area (Å²) in [6, 6.07) is 0. The molecule has 2 atom stereocenters. The molecule has 6 heteroatoms. The summed E-state index contributed by atoms with van der Waals surface area (Å²) < 4.78 is 9.74. The Morgan fingerprint density at radius 3 is 2.57 bits per heavy atom. The smallest absolute Gasteiger partial charge is 0.186 e. The number of ether oxygens (including phenoxy) is 2. The molecule has 0 aliphatic heterocycles. The van der Waals surface area contributed by atoms with E-state index in [9.17, 15) is 0 Å². The van der Waals surface area contributed by atoms with E-state index in [1.807, 2.05) is 0 Å². The molecule has 0 aromatic heterocycles. The summed E-state index contributed by atoms with van der Waals surface area (Å²) in [5.41, 5.74) is 0. The van der Waals surface area contributed by atoms with Crippen LogP contribution in [0, 0.1) is 0 Å². The molecule has 0 aliphatic carbocycles. The molecule has 0 saturated heterocycles. The molecule has 0 fully saturated rings. The molecule has 0 aromatic carbocycles. The summed E-state index contributed by atoms with van der Waals surface area (Å²) in [6.45, 7) is 3.73. The van der Waals surface area contributed by atoms with E-state index in [2.05, 4.69) is 11.5 Å². The van der Waals surface area contributed by atoms with Gasteiger partial charge in [0.1, 0.15) is 0 Å². The maximum Gasteiger partial charge on any atom is 0.186 e. The van der Waals surface area contributed by atoms with Crippen LogP contribution in [0.3, 0.4) is 0 Å². The quantitative estimate of drug-likeness (QED) is 0.154. The van der Waals surface area contributed by atoms with Crippen LogP contribution in [0.25, 0.3) is 0 Å². The van der Waals surface area contributed by atoms with E-state index in [0.29, 0.717) is 6.61 Å². The van der Waals surface area contributed by atoms with Gasteiger partial charge in [-0.05, 0) is 0 Å². The van der Waals surface area contributed by atoms with Crippen LogP contribution in [-0.4, -0.2) is 54.3 Å². The fraction of sp³-hybridized carbons (Fsp3) is 0.750. The van der Waals surface area contributed by atoms with Gasteiger partial charge >= 0.3 is 0 Å². The van der Waals surface area contributed by atoms with Crippen molar-refractivity contribution in [1.29, 1.82) is 0 Å². The number of rotatable bonds is 9. The Balaban J connectivity index is 3.41. The molecule has 0 amide bonds. The summed E-state index contributed by atoms with van der Waals surface area (Å²) in [6.07, 6.45) is -0.948. The predicted octanol–water partition coefficient (Wildman–Crippen LogP) is -0.625. The second-order valence-electron chi connectivity index (χ2n) is 2.45. The van der Waals surface area contributed by atoms with E-state index < -0.39 is 19.0 Å². The van der Waals surface area contributed by atoms with Gasteiger partial charge in [0, 0.05) is 0 Å². The molecule has 0 spiro atoms. The van der Waals surface area contributed by atoms with Crippen LogP contribution in [0.1, 0.15) is 0 Å². The monoisotopic (exact) mass is 208 g/mol. The first-order valence-corrected chi connectivity index (χ1v) is 4.15. The Kier molecular flexibility index (Phi) is 8.75. The lowest BCUT2D eigenvalue weighted by Crippen LogP contribution is -2.34. The van der Waals surface area contributed by atoms with E-state index in [1.165, 1.54) is 0 Å². The van der Waals surface area contributed by atoms with Gasteiger partial charge in [0.05, 0.1) is 26.4 Å². The van der Waals surface area contributed by atoms with Gasteiger partial charge < -0.3 is 19.7 Å². The van der Waals surface area contributed by atoms with Crippen molar-refractivity contribution in [1.82, 2.24) is 0 Å². The van der Waals surface area contributed by atoms with Crippen molar-refractivity contribution in [3.63, 3.8) is 0 Å². The zero-order valence-electron chi connectivity index (χ0n) is 7.83. The molecule has 0 saturated carbocycles. The average molecular weight is 208 g/mol. The van der Waals surface area contributed by atoms with Crippen LogP contribution >= 0.6 is 0 Å². The molecule has 0 aromatic rings. The van der Waals surface area contributed by atoms with E-state index in [-0.39, 0.29) is 13.2 Å². The van der Waals surface area contributed by atoms with Crippen molar-refractivity contribution in [2.24, 2.45) is 0 Å². The van der Waals surface area contributed by atoms with Gasteiger partial charge in [-0.1, -0.05) is 6.08 Å². The van der Waals surface area contributed by atoms with E-state index in [1.54, 1.807) is 6.08 Å². The summed E-state index contributed by atoms with van der Waals surface area (Å²) in [5, 5.41) is 25.9. The van der Waals surface area contributed by atoms with Crippen molar-refractivity contribution in [3.8, 4) is 0 Å². The van der Waals surface area contributed by atoms with Crippen molar-refractivity contribution < 1.29 is 29.8 Å². The van der Waals surface area contributed by atoms with Crippen LogP contribution in [0.4, 0.5) is 0 Å². The molecule has 84 valence electrons. The first-order valence-electron chi connectivity index (χ1n) is 4.15. The Morgan fingerprint density at radius 1 is 1.36 bits per heavy atom. The van der Waals surface area contributed by atoms with Gasteiger partial charge in [-0.25, -0.2) is 4.89 Å². The van der Waals surface area contributed by atoms with E-state index >= 15 is 0 Å². The molecular weight excluding hydrogens is 192 g/mol. The van der Waals surface area contributed by atoms with Crippen LogP contribution in [0.2, 0.25) is 0 Å². The topological polar surface area (TPSA) is 88.4 Å². The molecule has 14 heavy (non-hydrogen) atoms. The standard InChI is InChI=1S/C8H16O6/c1-2-3-12-4-5-13-8(10)7(6-9)14-11/h2,7-11H,1,3-6H2. The van der Waals surface area contributed by atoms with E-state index in [0.717, 1.165) is 0 Å². The number of aliphatic hydroxyl groups is 2. The van der Waals surface area contributed by atoms with Crippen LogP contribution < -0.4 is 0 Å². The van der Waals surface area contributed by atoms with Crippen molar-refractivity contribution >= 4 is 0 Å².